The lowest BCUT2D eigenvalue weighted by Crippen LogP contribution is -2.63. The van der Waals surface area contributed by atoms with Crippen molar-refractivity contribution in [2.75, 3.05) is 26.2 Å². The Balaban J connectivity index is 1.78. The van der Waals surface area contributed by atoms with Crippen LogP contribution in [0.5, 0.6) is 0 Å². The third kappa shape index (κ3) is 6.71. The van der Waals surface area contributed by atoms with Crippen LogP contribution in [0.25, 0.3) is 0 Å². The number of aromatic nitrogens is 1. The molecule has 0 atom stereocenters. The SMILES string of the molecule is CCNC(=NCCc1ccc(Cl)nc1)NC1CN(C(=O)OC(C)(C)C)C1. The number of aliphatic imine (C=N–C) groups is 1. The molecule has 0 saturated carbocycles. The molecule has 0 radical (unpaired) electrons. The third-order valence-corrected chi connectivity index (χ3v) is 3.90. The van der Waals surface area contributed by atoms with E-state index in [1.165, 1.54) is 0 Å². The number of pyridine rings is 1. The van der Waals surface area contributed by atoms with Crippen molar-refractivity contribution >= 4 is 23.7 Å². The van der Waals surface area contributed by atoms with E-state index in [9.17, 15) is 4.79 Å². The zero-order valence-corrected chi connectivity index (χ0v) is 16.6. The molecule has 2 N–H and O–H groups in total. The summed E-state index contributed by atoms with van der Waals surface area (Å²) in [5, 5.41) is 7.07. The molecule has 7 nitrogen and oxygen atoms in total. The van der Waals surface area contributed by atoms with Crippen LogP contribution in [0.3, 0.4) is 0 Å². The van der Waals surface area contributed by atoms with E-state index in [4.69, 9.17) is 16.3 Å². The fourth-order valence-corrected chi connectivity index (χ4v) is 2.52. The number of hydrogen-bond donors (Lipinski definition) is 2. The van der Waals surface area contributed by atoms with Crippen LogP contribution in [-0.2, 0) is 11.2 Å². The maximum absolute atomic E-state index is 12.0. The Hall–Kier alpha value is -2.02. The van der Waals surface area contributed by atoms with Crippen LogP contribution >= 0.6 is 11.6 Å². The second-order valence-corrected chi connectivity index (χ2v) is 7.61. The highest BCUT2D eigenvalue weighted by Gasteiger charge is 2.34. The van der Waals surface area contributed by atoms with Crippen molar-refractivity contribution < 1.29 is 9.53 Å². The van der Waals surface area contributed by atoms with Gasteiger partial charge in [-0.25, -0.2) is 9.78 Å². The molecule has 0 aliphatic carbocycles. The van der Waals surface area contributed by atoms with E-state index >= 15 is 0 Å². The van der Waals surface area contributed by atoms with E-state index in [1.54, 1.807) is 17.2 Å². The highest BCUT2D eigenvalue weighted by atomic mass is 35.5. The van der Waals surface area contributed by atoms with Gasteiger partial charge in [0.2, 0.25) is 0 Å². The van der Waals surface area contributed by atoms with Gasteiger partial charge in [0.25, 0.3) is 0 Å². The van der Waals surface area contributed by atoms with Crippen LogP contribution in [0, 0.1) is 0 Å². The van der Waals surface area contributed by atoms with Crippen molar-refractivity contribution in [2.24, 2.45) is 4.99 Å². The van der Waals surface area contributed by atoms with Crippen molar-refractivity contribution in [3.63, 3.8) is 0 Å². The fourth-order valence-electron chi connectivity index (χ4n) is 2.41. The van der Waals surface area contributed by atoms with Gasteiger partial charge in [0, 0.05) is 32.4 Å². The number of carbonyl (C=O) groups is 1. The predicted molar refractivity (Wildman–Crippen MR) is 104 cm³/mol. The summed E-state index contributed by atoms with van der Waals surface area (Å²) in [5.41, 5.74) is 0.622. The van der Waals surface area contributed by atoms with Crippen LogP contribution in [0.2, 0.25) is 5.15 Å². The molecule has 1 amide bonds. The summed E-state index contributed by atoms with van der Waals surface area (Å²) in [6.07, 6.45) is 2.28. The Bertz CT molecular complexity index is 621. The molecule has 1 aromatic rings. The summed E-state index contributed by atoms with van der Waals surface area (Å²) in [4.78, 5) is 22.3. The lowest BCUT2D eigenvalue weighted by molar-refractivity contribution is 0.00701. The Morgan fingerprint density at radius 1 is 1.42 bits per heavy atom. The molecule has 26 heavy (non-hydrogen) atoms. The molecule has 8 heteroatoms. The lowest BCUT2D eigenvalue weighted by Gasteiger charge is -2.40. The number of amides is 1. The van der Waals surface area contributed by atoms with E-state index in [-0.39, 0.29) is 12.1 Å². The van der Waals surface area contributed by atoms with Gasteiger partial charge >= 0.3 is 6.09 Å². The number of hydrogen-bond acceptors (Lipinski definition) is 4. The first-order valence-corrected chi connectivity index (χ1v) is 9.28. The number of halogens is 1. The molecule has 2 heterocycles. The van der Waals surface area contributed by atoms with Crippen molar-refractivity contribution in [1.29, 1.82) is 0 Å². The first-order valence-electron chi connectivity index (χ1n) is 8.90. The van der Waals surface area contributed by atoms with Gasteiger partial charge in [0.15, 0.2) is 5.96 Å². The second-order valence-electron chi connectivity index (χ2n) is 7.23. The van der Waals surface area contributed by atoms with Gasteiger partial charge < -0.3 is 20.3 Å². The summed E-state index contributed by atoms with van der Waals surface area (Å²) in [6, 6.07) is 3.91. The van der Waals surface area contributed by atoms with Crippen molar-refractivity contribution in [1.82, 2.24) is 20.5 Å². The summed E-state index contributed by atoms with van der Waals surface area (Å²) >= 11 is 5.79. The minimum atomic E-state index is -0.470. The van der Waals surface area contributed by atoms with Crippen LogP contribution in [0.1, 0.15) is 33.3 Å². The Morgan fingerprint density at radius 3 is 2.73 bits per heavy atom. The summed E-state index contributed by atoms with van der Waals surface area (Å²) < 4.78 is 5.36. The highest BCUT2D eigenvalue weighted by molar-refractivity contribution is 6.29. The standard InChI is InChI=1S/C18H28ClN5O2/c1-5-20-16(21-9-8-13-6-7-15(19)22-10-13)23-14-11-24(12-14)17(25)26-18(2,3)4/h6-7,10,14H,5,8-9,11-12H2,1-4H3,(H2,20,21,23). The summed E-state index contributed by atoms with van der Waals surface area (Å²) in [6.45, 7) is 10.3. The van der Waals surface area contributed by atoms with Crippen molar-refractivity contribution in [3.05, 3.63) is 29.0 Å². The summed E-state index contributed by atoms with van der Waals surface area (Å²) in [7, 11) is 0. The van der Waals surface area contributed by atoms with Crippen LogP contribution in [-0.4, -0.2) is 59.8 Å². The normalized spacial score (nSPS) is 15.4. The van der Waals surface area contributed by atoms with Gasteiger partial charge in [-0.05, 0) is 45.7 Å². The number of carbonyl (C=O) groups excluding carboxylic acids is 1. The molecule has 0 bridgehead atoms. The average Bonchev–Trinajstić information content (AvgIpc) is 2.50. The molecule has 0 unspecified atom stereocenters. The summed E-state index contributed by atoms with van der Waals surface area (Å²) in [5.74, 6) is 0.753. The van der Waals surface area contributed by atoms with E-state index in [0.29, 0.717) is 24.8 Å². The topological polar surface area (TPSA) is 78.9 Å². The maximum atomic E-state index is 12.0. The van der Waals surface area contributed by atoms with E-state index < -0.39 is 5.60 Å². The zero-order chi connectivity index (χ0) is 19.2. The third-order valence-electron chi connectivity index (χ3n) is 3.68. The van der Waals surface area contributed by atoms with Gasteiger partial charge in [-0.1, -0.05) is 17.7 Å². The zero-order valence-electron chi connectivity index (χ0n) is 15.9. The number of rotatable bonds is 5. The quantitative estimate of drug-likeness (QED) is 0.465. The Kier molecular flexibility index (Phi) is 7.08. The molecule has 144 valence electrons. The second kappa shape index (κ2) is 9.07. The minimum absolute atomic E-state index is 0.178. The van der Waals surface area contributed by atoms with Crippen molar-refractivity contribution in [3.8, 4) is 0 Å². The average molecular weight is 382 g/mol. The molecule has 1 aliphatic heterocycles. The van der Waals surface area contributed by atoms with Gasteiger partial charge in [0.1, 0.15) is 10.8 Å². The smallest absolute Gasteiger partial charge is 0.410 e. The van der Waals surface area contributed by atoms with E-state index in [0.717, 1.165) is 24.5 Å². The number of likely N-dealkylation sites (tertiary alicyclic amines) is 1. The number of nitrogens with one attached hydrogen (secondary N) is 2. The van der Waals surface area contributed by atoms with Gasteiger partial charge in [-0.3, -0.25) is 4.99 Å². The first-order chi connectivity index (χ1) is 12.3. The molecule has 1 aromatic heterocycles. The molecular weight excluding hydrogens is 354 g/mol. The Labute approximate surface area is 160 Å². The van der Waals surface area contributed by atoms with Crippen LogP contribution < -0.4 is 10.6 Å². The molecule has 1 aliphatic rings. The number of ether oxygens (including phenoxy) is 1. The van der Waals surface area contributed by atoms with Gasteiger partial charge in [0.05, 0.1) is 6.04 Å². The van der Waals surface area contributed by atoms with E-state index in [2.05, 4.69) is 20.6 Å². The molecule has 1 saturated heterocycles. The monoisotopic (exact) mass is 381 g/mol. The highest BCUT2D eigenvalue weighted by Crippen LogP contribution is 2.15. The Morgan fingerprint density at radius 2 is 2.15 bits per heavy atom. The van der Waals surface area contributed by atoms with Crippen LogP contribution in [0.4, 0.5) is 4.79 Å². The van der Waals surface area contributed by atoms with E-state index in [1.807, 2.05) is 33.8 Å². The molecular formula is C18H28ClN5O2. The van der Waals surface area contributed by atoms with Crippen molar-refractivity contribution in [2.45, 2.75) is 45.8 Å². The van der Waals surface area contributed by atoms with Crippen LogP contribution in [0.15, 0.2) is 23.3 Å². The largest absolute Gasteiger partial charge is 0.444 e. The molecule has 0 spiro atoms. The fraction of sp³-hybridized carbons (Fsp3) is 0.611. The lowest BCUT2D eigenvalue weighted by atomic mass is 10.1. The first kappa shape index (κ1) is 20.3. The predicted octanol–water partition coefficient (Wildman–Crippen LogP) is 2.45. The van der Waals surface area contributed by atoms with Gasteiger partial charge in [-0.15, -0.1) is 0 Å². The molecule has 0 aromatic carbocycles. The minimum Gasteiger partial charge on any atom is -0.444 e. The number of nitrogens with zero attached hydrogens (tertiary/aromatic N) is 3. The molecule has 1 fully saturated rings. The number of guanidine groups is 1. The molecule has 2 rings (SSSR count). The van der Waals surface area contributed by atoms with Gasteiger partial charge in [-0.2, -0.15) is 0 Å². The maximum Gasteiger partial charge on any atom is 0.410 e.